The first-order valence-corrected chi connectivity index (χ1v) is 8.19. The Morgan fingerprint density at radius 2 is 1.81 bits per heavy atom. The quantitative estimate of drug-likeness (QED) is 0.637. The largest absolute Gasteiger partial charge is 0.493 e. The average molecular weight is 294 g/mol. The molecule has 0 bridgehead atoms. The molecule has 0 saturated carbocycles. The van der Waals surface area contributed by atoms with E-state index >= 15 is 0 Å². The zero-order valence-electron chi connectivity index (χ0n) is 14.2. The third-order valence-corrected chi connectivity index (χ3v) is 3.70. The molecule has 0 unspecified atom stereocenters. The summed E-state index contributed by atoms with van der Waals surface area (Å²) >= 11 is 0. The van der Waals surface area contributed by atoms with Crippen molar-refractivity contribution in [3.8, 4) is 5.75 Å². The molecule has 0 amide bonds. The summed E-state index contributed by atoms with van der Waals surface area (Å²) in [5.41, 5.74) is 2.58. The summed E-state index contributed by atoms with van der Waals surface area (Å²) in [5, 5.41) is 2.36. The van der Waals surface area contributed by atoms with Crippen LogP contribution in [0.2, 0.25) is 0 Å². The van der Waals surface area contributed by atoms with E-state index in [1.54, 1.807) is 7.11 Å². The highest BCUT2D eigenvalue weighted by molar-refractivity contribution is 5.37. The summed E-state index contributed by atoms with van der Waals surface area (Å²) in [5.74, 6) is 1.60. The van der Waals surface area contributed by atoms with Crippen LogP contribution >= 0.6 is 0 Å². The lowest BCUT2D eigenvalue weighted by Crippen LogP contribution is -2.84. The SMILES string of the molecule is COCCC[NH2+]CCCCOc1cc(C(C)C)ccc1C. The van der Waals surface area contributed by atoms with E-state index in [4.69, 9.17) is 9.47 Å². The minimum absolute atomic E-state index is 0.551. The summed E-state index contributed by atoms with van der Waals surface area (Å²) in [6, 6.07) is 6.55. The van der Waals surface area contributed by atoms with E-state index in [1.165, 1.54) is 24.1 Å². The molecule has 0 spiro atoms. The molecule has 0 aromatic heterocycles. The molecule has 21 heavy (non-hydrogen) atoms. The Morgan fingerprint density at radius 1 is 1.05 bits per heavy atom. The molecule has 0 atom stereocenters. The lowest BCUT2D eigenvalue weighted by molar-refractivity contribution is -0.655. The van der Waals surface area contributed by atoms with Crippen LogP contribution in [0.25, 0.3) is 0 Å². The first kappa shape index (κ1) is 18.0. The van der Waals surface area contributed by atoms with Crippen molar-refractivity contribution in [1.82, 2.24) is 0 Å². The van der Waals surface area contributed by atoms with Crippen LogP contribution in [0.15, 0.2) is 18.2 Å². The third-order valence-electron chi connectivity index (χ3n) is 3.70. The highest BCUT2D eigenvalue weighted by Crippen LogP contribution is 2.24. The normalized spacial score (nSPS) is 11.1. The van der Waals surface area contributed by atoms with Gasteiger partial charge in [-0.15, -0.1) is 0 Å². The van der Waals surface area contributed by atoms with Crippen molar-refractivity contribution in [3.05, 3.63) is 29.3 Å². The van der Waals surface area contributed by atoms with Gasteiger partial charge >= 0.3 is 0 Å². The molecule has 0 aliphatic heterocycles. The molecule has 1 rings (SSSR count). The van der Waals surface area contributed by atoms with E-state index in [1.807, 2.05) is 0 Å². The predicted molar refractivity (Wildman–Crippen MR) is 88.1 cm³/mol. The van der Waals surface area contributed by atoms with Crippen LogP contribution in [0.1, 0.15) is 50.2 Å². The number of benzene rings is 1. The molecule has 3 nitrogen and oxygen atoms in total. The molecule has 2 N–H and O–H groups in total. The van der Waals surface area contributed by atoms with Gasteiger partial charge < -0.3 is 14.8 Å². The monoisotopic (exact) mass is 294 g/mol. The Labute approximate surface area is 130 Å². The number of nitrogens with two attached hydrogens (primary N) is 1. The fourth-order valence-corrected chi connectivity index (χ4v) is 2.22. The van der Waals surface area contributed by atoms with Crippen LogP contribution in [0, 0.1) is 6.92 Å². The summed E-state index contributed by atoms with van der Waals surface area (Å²) in [4.78, 5) is 0. The number of hydrogen-bond acceptors (Lipinski definition) is 2. The number of methoxy groups -OCH3 is 1. The number of quaternary nitrogens is 1. The van der Waals surface area contributed by atoms with Crippen molar-refractivity contribution < 1.29 is 14.8 Å². The summed E-state index contributed by atoms with van der Waals surface area (Å²) < 4.78 is 11.0. The van der Waals surface area contributed by atoms with E-state index in [0.29, 0.717) is 5.92 Å². The van der Waals surface area contributed by atoms with Crippen LogP contribution in [0.4, 0.5) is 0 Å². The summed E-state index contributed by atoms with van der Waals surface area (Å²) in [6.07, 6.45) is 3.45. The first-order valence-electron chi connectivity index (χ1n) is 8.19. The second-order valence-corrected chi connectivity index (χ2v) is 5.95. The van der Waals surface area contributed by atoms with E-state index in [-0.39, 0.29) is 0 Å². The van der Waals surface area contributed by atoms with Gasteiger partial charge in [-0.3, -0.25) is 0 Å². The summed E-state index contributed by atoms with van der Waals surface area (Å²) in [6.45, 7) is 10.6. The first-order chi connectivity index (χ1) is 10.1. The van der Waals surface area contributed by atoms with Gasteiger partial charge in [-0.05, 0) is 42.9 Å². The van der Waals surface area contributed by atoms with Crippen LogP contribution in [-0.4, -0.2) is 33.4 Å². The summed E-state index contributed by atoms with van der Waals surface area (Å²) in [7, 11) is 1.76. The van der Waals surface area contributed by atoms with Gasteiger partial charge in [0.1, 0.15) is 5.75 Å². The molecule has 0 radical (unpaired) electrons. The number of rotatable bonds is 11. The Kier molecular flexibility index (Phi) is 9.11. The lowest BCUT2D eigenvalue weighted by atomic mass is 10.0. The molecule has 1 aromatic rings. The van der Waals surface area contributed by atoms with Gasteiger partial charge in [0.25, 0.3) is 0 Å². The Balaban J connectivity index is 2.16. The standard InChI is InChI=1S/C18H31NO2/c1-15(2)17-9-8-16(3)18(14-17)21-13-6-5-10-19-11-7-12-20-4/h8-9,14-15,19H,5-7,10-13H2,1-4H3/p+1. The molecule has 1 aromatic carbocycles. The second kappa shape index (κ2) is 10.6. The molecule has 0 fully saturated rings. The van der Waals surface area contributed by atoms with Gasteiger partial charge in [0.05, 0.1) is 26.3 Å². The second-order valence-electron chi connectivity index (χ2n) is 5.95. The number of unbranched alkanes of at least 4 members (excludes halogenated alkanes) is 1. The van der Waals surface area contributed by atoms with Crippen LogP contribution in [0.5, 0.6) is 5.75 Å². The fraction of sp³-hybridized carbons (Fsp3) is 0.667. The highest BCUT2D eigenvalue weighted by Gasteiger charge is 2.04. The van der Waals surface area contributed by atoms with Crippen molar-refractivity contribution >= 4 is 0 Å². The maximum Gasteiger partial charge on any atom is 0.122 e. The Morgan fingerprint density at radius 3 is 2.52 bits per heavy atom. The average Bonchev–Trinajstić information content (AvgIpc) is 2.47. The molecule has 0 heterocycles. The van der Waals surface area contributed by atoms with E-state index in [9.17, 15) is 0 Å². The van der Waals surface area contributed by atoms with Gasteiger partial charge in [-0.2, -0.15) is 0 Å². The fourth-order valence-electron chi connectivity index (χ4n) is 2.22. The number of hydrogen-bond donors (Lipinski definition) is 1. The molecular formula is C18H32NO2+. The van der Waals surface area contributed by atoms with Crippen molar-refractivity contribution in [2.24, 2.45) is 0 Å². The lowest BCUT2D eigenvalue weighted by Gasteiger charge is -2.12. The zero-order valence-corrected chi connectivity index (χ0v) is 14.2. The minimum atomic E-state index is 0.551. The number of ether oxygens (including phenoxy) is 2. The molecule has 0 aliphatic carbocycles. The van der Waals surface area contributed by atoms with Gasteiger partial charge in [-0.25, -0.2) is 0 Å². The van der Waals surface area contributed by atoms with Crippen molar-refractivity contribution in [2.45, 2.75) is 46.0 Å². The van der Waals surface area contributed by atoms with Gasteiger partial charge in [-0.1, -0.05) is 26.0 Å². The van der Waals surface area contributed by atoms with E-state index < -0.39 is 0 Å². The van der Waals surface area contributed by atoms with E-state index in [2.05, 4.69) is 44.3 Å². The van der Waals surface area contributed by atoms with Crippen LogP contribution < -0.4 is 10.1 Å². The zero-order chi connectivity index (χ0) is 15.5. The predicted octanol–water partition coefficient (Wildman–Crippen LogP) is 2.88. The maximum atomic E-state index is 5.94. The maximum absolute atomic E-state index is 5.94. The van der Waals surface area contributed by atoms with Crippen molar-refractivity contribution in [1.29, 1.82) is 0 Å². The smallest absolute Gasteiger partial charge is 0.122 e. The topological polar surface area (TPSA) is 35.1 Å². The molecule has 3 heteroatoms. The van der Waals surface area contributed by atoms with Gasteiger partial charge in [0.2, 0.25) is 0 Å². The van der Waals surface area contributed by atoms with Crippen molar-refractivity contribution in [3.63, 3.8) is 0 Å². The van der Waals surface area contributed by atoms with E-state index in [0.717, 1.165) is 38.3 Å². The Hall–Kier alpha value is -1.06. The minimum Gasteiger partial charge on any atom is -0.493 e. The highest BCUT2D eigenvalue weighted by atomic mass is 16.5. The van der Waals surface area contributed by atoms with Crippen LogP contribution in [-0.2, 0) is 4.74 Å². The Bertz CT molecular complexity index is 391. The molecule has 0 saturated heterocycles. The third kappa shape index (κ3) is 7.49. The molecule has 120 valence electrons. The van der Waals surface area contributed by atoms with Crippen molar-refractivity contribution in [2.75, 3.05) is 33.4 Å². The molecule has 0 aliphatic rings. The van der Waals surface area contributed by atoms with Gasteiger partial charge in [0.15, 0.2) is 0 Å². The van der Waals surface area contributed by atoms with Crippen LogP contribution in [0.3, 0.4) is 0 Å². The van der Waals surface area contributed by atoms with Gasteiger partial charge in [0, 0.05) is 13.5 Å². The number of aryl methyl sites for hydroxylation is 1. The molecular weight excluding hydrogens is 262 g/mol.